The minimum atomic E-state index is -4.51. The second kappa shape index (κ2) is 15.3. The van der Waals surface area contributed by atoms with Crippen molar-refractivity contribution in [2.45, 2.75) is 59.2 Å². The molecule has 2 aliphatic rings. The van der Waals surface area contributed by atoms with E-state index < -0.39 is 29.6 Å². The van der Waals surface area contributed by atoms with Gasteiger partial charge >= 0.3 is 12.1 Å². The number of aryl methyl sites for hydroxylation is 1. The number of carbonyl (C=O) groups is 1. The van der Waals surface area contributed by atoms with E-state index in [1.807, 2.05) is 6.92 Å². The maximum Gasteiger partial charge on any atom is 0.417 e. The molecule has 2 aromatic rings. The molecule has 5 nitrogen and oxygen atoms in total. The number of rotatable bonds is 10. The molecule has 0 bridgehead atoms. The van der Waals surface area contributed by atoms with Crippen molar-refractivity contribution in [3.63, 3.8) is 0 Å². The van der Waals surface area contributed by atoms with Gasteiger partial charge in [0.2, 0.25) is 0 Å². The van der Waals surface area contributed by atoms with Gasteiger partial charge in [-0.15, -0.1) is 13.2 Å². The van der Waals surface area contributed by atoms with Crippen LogP contribution < -0.4 is 0 Å². The number of carbonyl (C=O) groups excluding carboxylic acids is 1. The van der Waals surface area contributed by atoms with E-state index in [9.17, 15) is 22.4 Å². The molecule has 232 valence electrons. The SMILES string of the molecule is C=C.CCCCc1ccc(/C(C)=C/C=C(\C)C(C(=O)OCC)n2ccc3nc(-c4ccccc4F)nc-3c2)c(C(F)(F)F)c1. The number of unbranched alkanes of at least 4 members (excludes halogenated alkanes) is 1. The second-order valence-electron chi connectivity index (χ2n) is 10.1. The summed E-state index contributed by atoms with van der Waals surface area (Å²) in [6, 6.07) is 11.4. The van der Waals surface area contributed by atoms with Crippen molar-refractivity contribution in [2.24, 2.45) is 0 Å². The number of fused-ring (bicyclic) bond motifs is 1. The van der Waals surface area contributed by atoms with Crippen molar-refractivity contribution in [3.05, 3.63) is 114 Å². The first-order valence-electron chi connectivity index (χ1n) is 14.4. The molecule has 44 heavy (non-hydrogen) atoms. The summed E-state index contributed by atoms with van der Waals surface area (Å²) in [7, 11) is 0. The van der Waals surface area contributed by atoms with Gasteiger partial charge in [0, 0.05) is 12.4 Å². The maximum absolute atomic E-state index is 14.3. The monoisotopic (exact) mass is 607 g/mol. The maximum atomic E-state index is 14.3. The molecule has 1 atom stereocenters. The third kappa shape index (κ3) is 8.09. The summed E-state index contributed by atoms with van der Waals surface area (Å²) in [5.41, 5.74) is 2.22. The summed E-state index contributed by atoms with van der Waals surface area (Å²) in [4.78, 5) is 22.0. The smallest absolute Gasteiger partial charge is 0.417 e. The van der Waals surface area contributed by atoms with E-state index in [0.29, 0.717) is 34.5 Å². The van der Waals surface area contributed by atoms with Crippen LogP contribution in [0.2, 0.25) is 0 Å². The summed E-state index contributed by atoms with van der Waals surface area (Å²) in [5, 5.41) is 0. The molecule has 0 saturated carbocycles. The molecule has 0 fully saturated rings. The lowest BCUT2D eigenvalue weighted by atomic mass is 9.95. The number of hydrogen-bond acceptors (Lipinski definition) is 4. The van der Waals surface area contributed by atoms with Gasteiger partial charge in [-0.25, -0.2) is 19.2 Å². The lowest BCUT2D eigenvalue weighted by Crippen LogP contribution is -2.23. The number of nitrogens with zero attached hydrogens (tertiary/aromatic N) is 3. The van der Waals surface area contributed by atoms with Gasteiger partial charge in [0.05, 0.1) is 23.4 Å². The molecule has 0 aromatic heterocycles. The molecule has 0 amide bonds. The standard InChI is InChI=1S/C33H33F4N3O2.C2H4/c1-5-7-10-23-15-16-24(26(19-23)33(35,36)37)21(3)13-14-22(4)30(32(41)42-6-2)40-18-17-28-29(20-40)39-31(38-28)25-11-8-9-12-27(25)34;1-2/h8-9,11-20,30H,5-7,10H2,1-4H3;1-2H2/b21-13+,22-14+;. The molecule has 0 aliphatic carbocycles. The predicted molar refractivity (Wildman–Crippen MR) is 166 cm³/mol. The highest BCUT2D eigenvalue weighted by Crippen LogP contribution is 2.36. The van der Waals surface area contributed by atoms with E-state index in [0.717, 1.165) is 12.8 Å². The Kier molecular flexibility index (Phi) is 11.8. The largest absolute Gasteiger partial charge is 0.464 e. The van der Waals surface area contributed by atoms with Crippen LogP contribution in [0, 0.1) is 5.82 Å². The van der Waals surface area contributed by atoms with E-state index in [4.69, 9.17) is 4.74 Å². The van der Waals surface area contributed by atoms with Gasteiger partial charge in [-0.1, -0.05) is 49.8 Å². The van der Waals surface area contributed by atoms with Crippen molar-refractivity contribution in [1.82, 2.24) is 14.5 Å². The first-order valence-corrected chi connectivity index (χ1v) is 14.4. The molecule has 0 spiro atoms. The minimum Gasteiger partial charge on any atom is -0.464 e. The molecule has 4 rings (SSSR count). The summed E-state index contributed by atoms with van der Waals surface area (Å²) in [5.74, 6) is -0.761. The van der Waals surface area contributed by atoms with Gasteiger partial charge in [-0.05, 0) is 80.2 Å². The number of hydrogen-bond donors (Lipinski definition) is 0. The normalized spacial score (nSPS) is 12.9. The first kappa shape index (κ1) is 34.0. The number of ether oxygens (including phenoxy) is 1. The Morgan fingerprint density at radius 1 is 1.02 bits per heavy atom. The predicted octanol–water partition coefficient (Wildman–Crippen LogP) is 9.51. The molecule has 2 heterocycles. The van der Waals surface area contributed by atoms with Crippen molar-refractivity contribution >= 4 is 11.5 Å². The number of halogens is 4. The van der Waals surface area contributed by atoms with E-state index in [1.165, 1.54) is 18.2 Å². The van der Waals surface area contributed by atoms with Crippen molar-refractivity contribution in [3.8, 4) is 22.8 Å². The lowest BCUT2D eigenvalue weighted by Gasteiger charge is -2.20. The number of pyridine rings is 1. The molecule has 2 aliphatic heterocycles. The molecule has 0 radical (unpaired) electrons. The van der Waals surface area contributed by atoms with Crippen LogP contribution in [0.1, 0.15) is 63.3 Å². The van der Waals surface area contributed by atoms with E-state index in [-0.39, 0.29) is 23.6 Å². The Morgan fingerprint density at radius 2 is 1.73 bits per heavy atom. The molecule has 9 heteroatoms. The highest BCUT2D eigenvalue weighted by molar-refractivity contribution is 5.79. The Hall–Kier alpha value is -4.53. The minimum absolute atomic E-state index is 0.0845. The van der Waals surface area contributed by atoms with E-state index >= 15 is 0 Å². The van der Waals surface area contributed by atoms with Crippen molar-refractivity contribution in [1.29, 1.82) is 0 Å². The fraction of sp³-hybridized carbons (Fsp3) is 0.286. The van der Waals surface area contributed by atoms with Gasteiger partial charge in [-0.2, -0.15) is 13.2 Å². The van der Waals surface area contributed by atoms with Crippen LogP contribution in [-0.4, -0.2) is 27.1 Å². The molecular formula is C35H37F4N3O2. The Balaban J connectivity index is 0.00000259. The zero-order valence-corrected chi connectivity index (χ0v) is 25.4. The van der Waals surface area contributed by atoms with Gasteiger partial charge < -0.3 is 9.30 Å². The van der Waals surface area contributed by atoms with E-state index in [1.54, 1.807) is 80.2 Å². The Bertz CT molecular complexity index is 1600. The Morgan fingerprint density at radius 3 is 2.39 bits per heavy atom. The van der Waals surface area contributed by atoms with Gasteiger partial charge in [-0.3, -0.25) is 0 Å². The second-order valence-corrected chi connectivity index (χ2v) is 10.1. The number of aromatic nitrogens is 3. The van der Waals surface area contributed by atoms with Crippen LogP contribution in [0.3, 0.4) is 0 Å². The van der Waals surface area contributed by atoms with Gasteiger partial charge in [0.15, 0.2) is 11.9 Å². The fourth-order valence-corrected chi connectivity index (χ4v) is 4.76. The van der Waals surface area contributed by atoms with Crippen molar-refractivity contribution < 1.29 is 27.1 Å². The molecule has 2 aromatic carbocycles. The van der Waals surface area contributed by atoms with Crippen LogP contribution >= 0.6 is 0 Å². The number of benzene rings is 2. The molecule has 0 N–H and O–H groups in total. The van der Waals surface area contributed by atoms with Crippen LogP contribution in [0.5, 0.6) is 0 Å². The summed E-state index contributed by atoms with van der Waals surface area (Å²) in [6.07, 6.45) is 4.26. The topological polar surface area (TPSA) is 57.0 Å². The summed E-state index contributed by atoms with van der Waals surface area (Å²) >= 11 is 0. The van der Waals surface area contributed by atoms with Gasteiger partial charge in [0.1, 0.15) is 11.5 Å². The fourth-order valence-electron chi connectivity index (χ4n) is 4.76. The van der Waals surface area contributed by atoms with Crippen LogP contribution in [-0.2, 0) is 22.1 Å². The summed E-state index contributed by atoms with van der Waals surface area (Å²) < 4.78 is 63.2. The number of alkyl halides is 3. The number of esters is 1. The Labute approximate surface area is 256 Å². The van der Waals surface area contributed by atoms with Gasteiger partial charge in [0.25, 0.3) is 0 Å². The number of allylic oxidation sites excluding steroid dienone is 3. The highest BCUT2D eigenvalue weighted by atomic mass is 19.4. The molecular weight excluding hydrogens is 570 g/mol. The first-order chi connectivity index (χ1) is 21.0. The highest BCUT2D eigenvalue weighted by Gasteiger charge is 2.34. The van der Waals surface area contributed by atoms with Crippen LogP contribution in [0.25, 0.3) is 28.3 Å². The average Bonchev–Trinajstić information content (AvgIpc) is 3.43. The third-order valence-corrected chi connectivity index (χ3v) is 6.97. The lowest BCUT2D eigenvalue weighted by molar-refractivity contribution is -0.146. The van der Waals surface area contributed by atoms with E-state index in [2.05, 4.69) is 23.1 Å². The van der Waals surface area contributed by atoms with Crippen molar-refractivity contribution in [2.75, 3.05) is 6.61 Å². The third-order valence-electron chi connectivity index (χ3n) is 6.97. The zero-order valence-electron chi connectivity index (χ0n) is 25.4. The summed E-state index contributed by atoms with van der Waals surface area (Å²) in [6.45, 7) is 13.2. The quantitative estimate of drug-likeness (QED) is 0.0780. The average molecular weight is 608 g/mol. The van der Waals surface area contributed by atoms with Crippen LogP contribution in [0.15, 0.2) is 91.8 Å². The number of imidazole rings is 1. The zero-order chi connectivity index (χ0) is 32.4. The molecule has 0 saturated heterocycles. The molecule has 1 unspecified atom stereocenters. The van der Waals surface area contributed by atoms with Crippen LogP contribution in [0.4, 0.5) is 17.6 Å².